The summed E-state index contributed by atoms with van der Waals surface area (Å²) in [6.45, 7) is 2.55. The molecule has 6 heteroatoms. The van der Waals surface area contributed by atoms with Gasteiger partial charge < -0.3 is 9.47 Å². The standard InChI is InChI=1S/C26H23N3O3/c1-3-32-20-13-11-18(12-14-20)17-27-29-26(30)23-16-25(19-7-6-8-21(15-19)31-2)28-24-10-5-4-9-22(23)24/h4-17H,3H2,1-2H3,(H,29,30). The van der Waals surface area contributed by atoms with E-state index in [-0.39, 0.29) is 5.91 Å². The van der Waals surface area contributed by atoms with Crippen molar-refractivity contribution in [2.24, 2.45) is 5.10 Å². The predicted octanol–water partition coefficient (Wildman–Crippen LogP) is 5.07. The Bertz CT molecular complexity index is 1270. The molecule has 6 nitrogen and oxygen atoms in total. The highest BCUT2D eigenvalue weighted by molar-refractivity contribution is 6.07. The molecule has 0 fully saturated rings. The minimum Gasteiger partial charge on any atom is -0.497 e. The van der Waals surface area contributed by atoms with Gasteiger partial charge in [0, 0.05) is 10.9 Å². The molecule has 0 aliphatic rings. The molecule has 0 saturated carbocycles. The van der Waals surface area contributed by atoms with Crippen molar-refractivity contribution in [3.8, 4) is 22.8 Å². The molecule has 1 N–H and O–H groups in total. The summed E-state index contributed by atoms with van der Waals surface area (Å²) in [5.74, 6) is 1.21. The summed E-state index contributed by atoms with van der Waals surface area (Å²) in [7, 11) is 1.62. The topological polar surface area (TPSA) is 72.8 Å². The molecule has 1 amide bonds. The smallest absolute Gasteiger partial charge is 0.272 e. The highest BCUT2D eigenvalue weighted by Crippen LogP contribution is 2.27. The van der Waals surface area contributed by atoms with Gasteiger partial charge in [-0.3, -0.25) is 4.79 Å². The third kappa shape index (κ3) is 4.75. The number of benzene rings is 3. The lowest BCUT2D eigenvalue weighted by molar-refractivity contribution is 0.0956. The Balaban J connectivity index is 1.61. The molecule has 0 unspecified atom stereocenters. The fourth-order valence-corrected chi connectivity index (χ4v) is 3.34. The van der Waals surface area contributed by atoms with Gasteiger partial charge in [-0.1, -0.05) is 30.3 Å². The normalized spacial score (nSPS) is 10.9. The Labute approximate surface area is 186 Å². The van der Waals surface area contributed by atoms with Crippen LogP contribution in [0.4, 0.5) is 0 Å². The van der Waals surface area contributed by atoms with Crippen LogP contribution in [0.25, 0.3) is 22.2 Å². The Morgan fingerprint density at radius 2 is 1.81 bits per heavy atom. The van der Waals surface area contributed by atoms with Gasteiger partial charge in [-0.05, 0) is 61.0 Å². The number of rotatable bonds is 7. The predicted molar refractivity (Wildman–Crippen MR) is 126 cm³/mol. The molecule has 1 aromatic heterocycles. The number of fused-ring (bicyclic) bond motifs is 1. The number of ether oxygens (including phenoxy) is 2. The zero-order chi connectivity index (χ0) is 22.3. The first-order chi connectivity index (χ1) is 15.7. The van der Waals surface area contributed by atoms with Crippen molar-refractivity contribution >= 4 is 23.0 Å². The van der Waals surface area contributed by atoms with Crippen molar-refractivity contribution in [3.63, 3.8) is 0 Å². The van der Waals surface area contributed by atoms with Gasteiger partial charge in [0.2, 0.25) is 0 Å². The number of pyridine rings is 1. The van der Waals surface area contributed by atoms with Crippen molar-refractivity contribution in [3.05, 3.63) is 90.0 Å². The number of hydrazone groups is 1. The summed E-state index contributed by atoms with van der Waals surface area (Å²) in [6.07, 6.45) is 1.60. The van der Waals surface area contributed by atoms with Crippen LogP contribution in [0.1, 0.15) is 22.8 Å². The molecule has 3 aromatic carbocycles. The van der Waals surface area contributed by atoms with Gasteiger partial charge in [0.15, 0.2) is 0 Å². The molecule has 0 spiro atoms. The first-order valence-electron chi connectivity index (χ1n) is 10.3. The number of nitrogens with zero attached hydrogens (tertiary/aromatic N) is 2. The van der Waals surface area contributed by atoms with Crippen LogP contribution in [-0.4, -0.2) is 30.8 Å². The molecular formula is C26H23N3O3. The maximum atomic E-state index is 13.0. The van der Waals surface area contributed by atoms with Gasteiger partial charge in [0.1, 0.15) is 11.5 Å². The summed E-state index contributed by atoms with van der Waals surface area (Å²) in [4.78, 5) is 17.7. The summed E-state index contributed by atoms with van der Waals surface area (Å²) >= 11 is 0. The van der Waals surface area contributed by atoms with E-state index in [4.69, 9.17) is 14.5 Å². The van der Waals surface area contributed by atoms with E-state index >= 15 is 0 Å². The van der Waals surface area contributed by atoms with Gasteiger partial charge in [-0.15, -0.1) is 0 Å². The average Bonchev–Trinajstić information content (AvgIpc) is 2.84. The maximum Gasteiger partial charge on any atom is 0.272 e. The Morgan fingerprint density at radius 3 is 2.59 bits per heavy atom. The third-order valence-corrected chi connectivity index (χ3v) is 4.90. The molecule has 4 aromatic rings. The lowest BCUT2D eigenvalue weighted by atomic mass is 10.0. The van der Waals surface area contributed by atoms with E-state index in [1.807, 2.05) is 79.7 Å². The Kier molecular flexibility index (Phi) is 6.41. The first kappa shape index (κ1) is 21.1. The number of aromatic nitrogens is 1. The first-order valence-corrected chi connectivity index (χ1v) is 10.3. The Morgan fingerprint density at radius 1 is 1.00 bits per heavy atom. The molecule has 0 radical (unpaired) electrons. The number of amides is 1. The van der Waals surface area contributed by atoms with Gasteiger partial charge in [-0.25, -0.2) is 10.4 Å². The van der Waals surface area contributed by atoms with Crippen LogP contribution < -0.4 is 14.9 Å². The summed E-state index contributed by atoms with van der Waals surface area (Å²) < 4.78 is 10.8. The Hall–Kier alpha value is -4.19. The maximum absolute atomic E-state index is 13.0. The second-order valence-corrected chi connectivity index (χ2v) is 7.01. The highest BCUT2D eigenvalue weighted by Gasteiger charge is 2.14. The molecule has 0 bridgehead atoms. The SMILES string of the molecule is CCOc1ccc(C=NNC(=O)c2cc(-c3cccc(OC)c3)nc3ccccc23)cc1. The van der Waals surface area contributed by atoms with Crippen molar-refractivity contribution in [1.82, 2.24) is 10.4 Å². The number of hydrogen-bond donors (Lipinski definition) is 1. The summed E-state index contributed by atoms with van der Waals surface area (Å²) in [5.41, 5.74) is 6.25. The number of para-hydroxylation sites is 1. The van der Waals surface area contributed by atoms with E-state index in [0.717, 1.165) is 33.5 Å². The van der Waals surface area contributed by atoms with Crippen molar-refractivity contribution in [1.29, 1.82) is 0 Å². The number of methoxy groups -OCH3 is 1. The van der Waals surface area contributed by atoms with E-state index in [9.17, 15) is 4.79 Å². The largest absolute Gasteiger partial charge is 0.497 e. The van der Waals surface area contributed by atoms with Crippen LogP contribution in [0.2, 0.25) is 0 Å². The number of carbonyl (C=O) groups is 1. The summed E-state index contributed by atoms with van der Waals surface area (Å²) in [6, 6.07) is 24.4. The van der Waals surface area contributed by atoms with Gasteiger partial charge in [0.05, 0.1) is 36.7 Å². The number of nitrogens with one attached hydrogen (secondary N) is 1. The van der Waals surface area contributed by atoms with E-state index in [1.54, 1.807) is 19.4 Å². The number of carbonyl (C=O) groups excluding carboxylic acids is 1. The highest BCUT2D eigenvalue weighted by atomic mass is 16.5. The second-order valence-electron chi connectivity index (χ2n) is 7.01. The van der Waals surface area contributed by atoms with Crippen molar-refractivity contribution in [2.45, 2.75) is 6.92 Å². The molecule has 0 atom stereocenters. The van der Waals surface area contributed by atoms with Gasteiger partial charge in [-0.2, -0.15) is 5.10 Å². The van der Waals surface area contributed by atoms with E-state index in [1.165, 1.54) is 0 Å². The molecule has 0 aliphatic heterocycles. The second kappa shape index (κ2) is 9.75. The third-order valence-electron chi connectivity index (χ3n) is 4.90. The van der Waals surface area contributed by atoms with Crippen LogP contribution in [0.3, 0.4) is 0 Å². The minimum absolute atomic E-state index is 0.310. The van der Waals surface area contributed by atoms with E-state index in [0.29, 0.717) is 17.9 Å². The van der Waals surface area contributed by atoms with E-state index in [2.05, 4.69) is 10.5 Å². The van der Waals surface area contributed by atoms with Gasteiger partial charge >= 0.3 is 0 Å². The zero-order valence-electron chi connectivity index (χ0n) is 17.9. The van der Waals surface area contributed by atoms with Crippen molar-refractivity contribution in [2.75, 3.05) is 13.7 Å². The molecule has 160 valence electrons. The molecule has 1 heterocycles. The molecule has 4 rings (SSSR count). The van der Waals surface area contributed by atoms with Crippen LogP contribution in [0.5, 0.6) is 11.5 Å². The zero-order valence-corrected chi connectivity index (χ0v) is 17.9. The van der Waals surface area contributed by atoms with Crippen LogP contribution in [0.15, 0.2) is 84.0 Å². The van der Waals surface area contributed by atoms with Crippen LogP contribution >= 0.6 is 0 Å². The van der Waals surface area contributed by atoms with Crippen molar-refractivity contribution < 1.29 is 14.3 Å². The molecule has 32 heavy (non-hydrogen) atoms. The molecule has 0 aliphatic carbocycles. The number of hydrogen-bond acceptors (Lipinski definition) is 5. The molecule has 0 saturated heterocycles. The fourth-order valence-electron chi connectivity index (χ4n) is 3.34. The lowest BCUT2D eigenvalue weighted by Gasteiger charge is -2.10. The quantitative estimate of drug-likeness (QED) is 0.331. The lowest BCUT2D eigenvalue weighted by Crippen LogP contribution is -2.18. The molecular weight excluding hydrogens is 402 g/mol. The minimum atomic E-state index is -0.310. The van der Waals surface area contributed by atoms with Crippen LogP contribution in [0, 0.1) is 0 Å². The van der Waals surface area contributed by atoms with E-state index < -0.39 is 0 Å². The van der Waals surface area contributed by atoms with Gasteiger partial charge in [0.25, 0.3) is 5.91 Å². The van der Waals surface area contributed by atoms with Crippen LogP contribution in [-0.2, 0) is 0 Å². The monoisotopic (exact) mass is 425 g/mol. The average molecular weight is 425 g/mol. The fraction of sp³-hybridized carbons (Fsp3) is 0.115. The summed E-state index contributed by atoms with van der Waals surface area (Å²) in [5, 5.41) is 4.88.